The minimum atomic E-state index is -0.353. The molecule has 2 aromatic carbocycles. The molecule has 0 unspecified atom stereocenters. The molecular weight excluding hydrogens is 304 g/mol. The number of nitrogen functional groups attached to an aromatic ring is 1. The maximum Gasteiger partial charge on any atom is 0.271 e. The number of carbonyl (C=O) groups is 2. The fraction of sp³-hybridized carbons (Fsp3) is 0.167. The van der Waals surface area contributed by atoms with Gasteiger partial charge >= 0.3 is 0 Å². The Morgan fingerprint density at radius 3 is 2.29 bits per heavy atom. The van der Waals surface area contributed by atoms with Crippen LogP contribution in [0.5, 0.6) is 0 Å². The third kappa shape index (κ3) is 5.24. The minimum Gasteiger partial charge on any atom is -0.399 e. The zero-order valence-electron chi connectivity index (χ0n) is 13.7. The van der Waals surface area contributed by atoms with Crippen LogP contribution in [-0.2, 0) is 4.79 Å². The van der Waals surface area contributed by atoms with E-state index in [9.17, 15) is 9.59 Å². The molecule has 0 aromatic heterocycles. The fourth-order valence-corrected chi connectivity index (χ4v) is 1.96. The van der Waals surface area contributed by atoms with Gasteiger partial charge in [0, 0.05) is 22.6 Å². The monoisotopic (exact) mass is 324 g/mol. The van der Waals surface area contributed by atoms with E-state index in [1.807, 2.05) is 31.2 Å². The number of hydrazone groups is 1. The van der Waals surface area contributed by atoms with Gasteiger partial charge < -0.3 is 11.1 Å². The number of amides is 2. The summed E-state index contributed by atoms with van der Waals surface area (Å²) in [7, 11) is 0. The molecule has 0 fully saturated rings. The Labute approximate surface area is 140 Å². The van der Waals surface area contributed by atoms with Gasteiger partial charge in [0.25, 0.3) is 5.91 Å². The van der Waals surface area contributed by atoms with Gasteiger partial charge in [0.2, 0.25) is 5.91 Å². The Hall–Kier alpha value is -3.15. The van der Waals surface area contributed by atoms with Crippen LogP contribution in [0, 0.1) is 6.92 Å². The molecule has 0 spiro atoms. The lowest BCUT2D eigenvalue weighted by atomic mass is 10.2. The molecule has 0 atom stereocenters. The van der Waals surface area contributed by atoms with Crippen LogP contribution in [0.4, 0.5) is 11.4 Å². The van der Waals surface area contributed by atoms with Crippen LogP contribution >= 0.6 is 0 Å². The van der Waals surface area contributed by atoms with Crippen LogP contribution in [0.3, 0.4) is 0 Å². The quantitative estimate of drug-likeness (QED) is 0.448. The molecule has 0 radical (unpaired) electrons. The van der Waals surface area contributed by atoms with Crippen molar-refractivity contribution < 1.29 is 9.59 Å². The number of nitrogens with one attached hydrogen (secondary N) is 2. The van der Waals surface area contributed by atoms with Gasteiger partial charge in [0.15, 0.2) is 0 Å². The molecule has 0 aliphatic carbocycles. The minimum absolute atomic E-state index is 0.0931. The number of anilines is 2. The summed E-state index contributed by atoms with van der Waals surface area (Å²) in [6, 6.07) is 14.0. The summed E-state index contributed by atoms with van der Waals surface area (Å²) in [6.07, 6.45) is 0.0931. The number of nitrogens with zero attached hydrogens (tertiary/aromatic N) is 1. The van der Waals surface area contributed by atoms with Crippen LogP contribution in [0.2, 0.25) is 0 Å². The summed E-state index contributed by atoms with van der Waals surface area (Å²) < 4.78 is 0. The number of nitrogens with two attached hydrogens (primary N) is 1. The summed E-state index contributed by atoms with van der Waals surface area (Å²) >= 11 is 0. The molecular formula is C18H20N4O2. The lowest BCUT2D eigenvalue weighted by Gasteiger charge is -2.06. The Bertz CT molecular complexity index is 750. The first-order valence-corrected chi connectivity index (χ1v) is 7.49. The van der Waals surface area contributed by atoms with Crippen molar-refractivity contribution in [2.45, 2.75) is 20.3 Å². The highest BCUT2D eigenvalue weighted by atomic mass is 16.2. The Morgan fingerprint density at radius 2 is 1.67 bits per heavy atom. The maximum absolute atomic E-state index is 11.9. The third-order valence-corrected chi connectivity index (χ3v) is 3.27. The molecule has 0 saturated heterocycles. The SMILES string of the molecule is C/C(CC(=O)Nc1ccc(C)cc1)=N\NC(=O)c1ccc(N)cc1. The van der Waals surface area contributed by atoms with E-state index in [2.05, 4.69) is 15.8 Å². The van der Waals surface area contributed by atoms with Gasteiger partial charge in [-0.25, -0.2) is 5.43 Å². The van der Waals surface area contributed by atoms with Crippen LogP contribution in [0.25, 0.3) is 0 Å². The van der Waals surface area contributed by atoms with Crippen molar-refractivity contribution >= 4 is 28.9 Å². The Balaban J connectivity index is 1.86. The molecule has 2 amide bonds. The van der Waals surface area contributed by atoms with E-state index in [0.29, 0.717) is 17.0 Å². The van der Waals surface area contributed by atoms with Crippen molar-refractivity contribution in [3.8, 4) is 0 Å². The molecule has 4 N–H and O–H groups in total. The number of aryl methyl sites for hydroxylation is 1. The zero-order valence-corrected chi connectivity index (χ0v) is 13.7. The number of hydrogen-bond donors (Lipinski definition) is 3. The van der Waals surface area contributed by atoms with Gasteiger partial charge in [-0.2, -0.15) is 5.10 Å². The van der Waals surface area contributed by atoms with Crippen molar-refractivity contribution in [3.63, 3.8) is 0 Å². The topological polar surface area (TPSA) is 96.6 Å². The summed E-state index contributed by atoms with van der Waals surface area (Å²) in [6.45, 7) is 3.66. The zero-order chi connectivity index (χ0) is 17.5. The molecule has 0 heterocycles. The first-order valence-electron chi connectivity index (χ1n) is 7.49. The first kappa shape index (κ1) is 17.2. The van der Waals surface area contributed by atoms with Crippen LogP contribution < -0.4 is 16.5 Å². The van der Waals surface area contributed by atoms with Crippen LogP contribution in [0.15, 0.2) is 53.6 Å². The average molecular weight is 324 g/mol. The van der Waals surface area contributed by atoms with E-state index < -0.39 is 0 Å². The van der Waals surface area contributed by atoms with Gasteiger partial charge in [0.1, 0.15) is 0 Å². The van der Waals surface area contributed by atoms with E-state index in [1.54, 1.807) is 31.2 Å². The van der Waals surface area contributed by atoms with Crippen LogP contribution in [-0.4, -0.2) is 17.5 Å². The molecule has 24 heavy (non-hydrogen) atoms. The van der Waals surface area contributed by atoms with E-state index in [1.165, 1.54) is 0 Å². The molecule has 0 bridgehead atoms. The van der Waals surface area contributed by atoms with E-state index in [0.717, 1.165) is 11.3 Å². The van der Waals surface area contributed by atoms with Crippen molar-refractivity contribution in [1.82, 2.24) is 5.43 Å². The second-order valence-corrected chi connectivity index (χ2v) is 5.50. The number of carbonyl (C=O) groups excluding carboxylic acids is 2. The lowest BCUT2D eigenvalue weighted by Crippen LogP contribution is -2.21. The van der Waals surface area contributed by atoms with Gasteiger partial charge in [-0.1, -0.05) is 17.7 Å². The van der Waals surface area contributed by atoms with E-state index >= 15 is 0 Å². The van der Waals surface area contributed by atoms with Gasteiger partial charge in [-0.3, -0.25) is 9.59 Å². The smallest absolute Gasteiger partial charge is 0.271 e. The molecule has 124 valence electrons. The van der Waals surface area contributed by atoms with E-state index in [-0.39, 0.29) is 18.2 Å². The Kier molecular flexibility index (Phi) is 5.68. The summed E-state index contributed by atoms with van der Waals surface area (Å²) in [5.41, 5.74) is 11.4. The maximum atomic E-state index is 11.9. The number of hydrogen-bond acceptors (Lipinski definition) is 4. The Morgan fingerprint density at radius 1 is 1.04 bits per heavy atom. The first-order chi connectivity index (χ1) is 11.4. The summed E-state index contributed by atoms with van der Waals surface area (Å²) in [4.78, 5) is 23.9. The normalized spacial score (nSPS) is 11.0. The molecule has 6 nitrogen and oxygen atoms in total. The number of benzene rings is 2. The van der Waals surface area contributed by atoms with Crippen molar-refractivity contribution in [2.24, 2.45) is 5.10 Å². The number of rotatable bonds is 5. The van der Waals surface area contributed by atoms with Gasteiger partial charge in [0.05, 0.1) is 6.42 Å². The van der Waals surface area contributed by atoms with Crippen molar-refractivity contribution in [3.05, 3.63) is 59.7 Å². The lowest BCUT2D eigenvalue weighted by molar-refractivity contribution is -0.115. The van der Waals surface area contributed by atoms with Crippen molar-refractivity contribution in [1.29, 1.82) is 0 Å². The average Bonchev–Trinajstić information content (AvgIpc) is 2.55. The molecule has 0 saturated carbocycles. The highest BCUT2D eigenvalue weighted by Gasteiger charge is 2.07. The molecule has 0 aliphatic rings. The third-order valence-electron chi connectivity index (χ3n) is 3.27. The van der Waals surface area contributed by atoms with Gasteiger partial charge in [-0.05, 0) is 50.2 Å². The highest BCUT2D eigenvalue weighted by molar-refractivity contribution is 6.06. The molecule has 0 aliphatic heterocycles. The summed E-state index contributed by atoms with van der Waals surface area (Å²) in [5.74, 6) is -0.546. The van der Waals surface area contributed by atoms with Gasteiger partial charge in [-0.15, -0.1) is 0 Å². The molecule has 6 heteroatoms. The highest BCUT2D eigenvalue weighted by Crippen LogP contribution is 2.09. The van der Waals surface area contributed by atoms with E-state index in [4.69, 9.17) is 5.73 Å². The largest absolute Gasteiger partial charge is 0.399 e. The molecule has 2 aromatic rings. The predicted molar refractivity (Wildman–Crippen MR) is 95.9 cm³/mol. The molecule has 2 rings (SSSR count). The predicted octanol–water partition coefficient (Wildman–Crippen LogP) is 2.71. The standard InChI is InChI=1S/C18H20N4O2/c1-12-3-9-16(10-4-12)20-17(23)11-13(2)21-22-18(24)14-5-7-15(19)8-6-14/h3-10H,11,19H2,1-2H3,(H,20,23)(H,22,24)/b21-13+. The van der Waals surface area contributed by atoms with Crippen molar-refractivity contribution in [2.75, 3.05) is 11.1 Å². The second kappa shape index (κ2) is 7.92. The summed E-state index contributed by atoms with van der Waals surface area (Å²) in [5, 5.41) is 6.72. The fourth-order valence-electron chi connectivity index (χ4n) is 1.96. The van der Waals surface area contributed by atoms with Crippen LogP contribution in [0.1, 0.15) is 29.3 Å². The second-order valence-electron chi connectivity index (χ2n) is 5.50.